The van der Waals surface area contributed by atoms with Crippen LogP contribution in [-0.4, -0.2) is 22.2 Å². The number of carboxylic acids is 2. The molecule has 2 N–H and O–H groups in total. The largest absolute Gasteiger partial charge is 0.481 e. The van der Waals surface area contributed by atoms with Crippen molar-refractivity contribution in [1.29, 1.82) is 0 Å². The Morgan fingerprint density at radius 3 is 2.50 bits per heavy atom. The summed E-state index contributed by atoms with van der Waals surface area (Å²) >= 11 is 0. The Morgan fingerprint density at radius 1 is 1.21 bits per heavy atom. The van der Waals surface area contributed by atoms with E-state index in [1.807, 2.05) is 0 Å². The summed E-state index contributed by atoms with van der Waals surface area (Å²) in [5, 5.41) is 17.7. The molecule has 0 spiro atoms. The van der Waals surface area contributed by atoms with Gasteiger partial charge in [-0.05, 0) is 19.3 Å². The van der Waals surface area contributed by atoms with E-state index in [0.717, 1.165) is 19.3 Å². The summed E-state index contributed by atoms with van der Waals surface area (Å²) in [4.78, 5) is 21.6. The van der Waals surface area contributed by atoms with Gasteiger partial charge in [0.1, 0.15) is 0 Å². The highest BCUT2D eigenvalue weighted by atomic mass is 16.4. The summed E-state index contributed by atoms with van der Waals surface area (Å²) in [6.45, 7) is 0. The van der Waals surface area contributed by atoms with Gasteiger partial charge in [0.2, 0.25) is 0 Å². The van der Waals surface area contributed by atoms with Gasteiger partial charge in [0.25, 0.3) is 0 Å². The third-order valence-electron chi connectivity index (χ3n) is 2.48. The highest BCUT2D eigenvalue weighted by Crippen LogP contribution is 2.23. The van der Waals surface area contributed by atoms with E-state index in [1.54, 1.807) is 6.08 Å². The van der Waals surface area contributed by atoms with Crippen LogP contribution < -0.4 is 0 Å². The molecule has 0 aliphatic heterocycles. The number of aliphatic carboxylic acids is 2. The molecule has 0 aromatic heterocycles. The SMILES string of the molecule is O=C(O)C1=CCCCCCC1C(=O)O. The van der Waals surface area contributed by atoms with E-state index in [1.165, 1.54) is 0 Å². The van der Waals surface area contributed by atoms with Gasteiger partial charge in [0.05, 0.1) is 5.92 Å². The van der Waals surface area contributed by atoms with E-state index in [9.17, 15) is 9.59 Å². The smallest absolute Gasteiger partial charge is 0.332 e. The standard InChI is InChI=1S/C10H14O4/c11-9(12)7-5-3-1-2-4-6-8(7)10(13)14/h5,8H,1-4,6H2,(H,11,12)(H,13,14). The van der Waals surface area contributed by atoms with E-state index in [4.69, 9.17) is 10.2 Å². The predicted molar refractivity (Wildman–Crippen MR) is 49.9 cm³/mol. The minimum Gasteiger partial charge on any atom is -0.481 e. The average Bonchev–Trinajstić information content (AvgIpc) is 2.01. The number of hydrogen-bond donors (Lipinski definition) is 2. The van der Waals surface area contributed by atoms with Crippen LogP contribution in [0.15, 0.2) is 11.6 Å². The van der Waals surface area contributed by atoms with Crippen molar-refractivity contribution in [1.82, 2.24) is 0 Å². The molecule has 1 aliphatic rings. The first-order valence-corrected chi connectivity index (χ1v) is 4.79. The van der Waals surface area contributed by atoms with E-state index in [-0.39, 0.29) is 5.57 Å². The lowest BCUT2D eigenvalue weighted by atomic mass is 9.89. The molecule has 1 unspecified atom stereocenters. The molecule has 1 aliphatic carbocycles. The van der Waals surface area contributed by atoms with E-state index >= 15 is 0 Å². The summed E-state index contributed by atoms with van der Waals surface area (Å²) in [5.74, 6) is -2.95. The molecule has 0 radical (unpaired) electrons. The fourth-order valence-corrected chi connectivity index (χ4v) is 1.72. The van der Waals surface area contributed by atoms with Crippen LogP contribution in [0.4, 0.5) is 0 Å². The van der Waals surface area contributed by atoms with Gasteiger partial charge in [-0.15, -0.1) is 0 Å². The van der Waals surface area contributed by atoms with Crippen molar-refractivity contribution in [2.45, 2.75) is 32.1 Å². The zero-order valence-corrected chi connectivity index (χ0v) is 7.90. The van der Waals surface area contributed by atoms with Crippen LogP contribution in [0.2, 0.25) is 0 Å². The van der Waals surface area contributed by atoms with Crippen molar-refractivity contribution in [3.8, 4) is 0 Å². The topological polar surface area (TPSA) is 74.6 Å². The minimum absolute atomic E-state index is 0.0530. The van der Waals surface area contributed by atoms with Crippen LogP contribution in [0.25, 0.3) is 0 Å². The van der Waals surface area contributed by atoms with E-state index < -0.39 is 17.9 Å². The van der Waals surface area contributed by atoms with E-state index in [0.29, 0.717) is 12.8 Å². The zero-order valence-electron chi connectivity index (χ0n) is 7.90. The molecule has 0 saturated heterocycles. The third kappa shape index (κ3) is 2.58. The quantitative estimate of drug-likeness (QED) is 0.707. The second kappa shape index (κ2) is 4.79. The van der Waals surface area contributed by atoms with Crippen LogP contribution >= 0.6 is 0 Å². The molecule has 0 bridgehead atoms. The zero-order chi connectivity index (χ0) is 10.6. The number of carbonyl (C=O) groups is 2. The Balaban J connectivity index is 2.88. The lowest BCUT2D eigenvalue weighted by molar-refractivity contribution is -0.144. The second-order valence-corrected chi connectivity index (χ2v) is 3.49. The van der Waals surface area contributed by atoms with Gasteiger partial charge in [0, 0.05) is 5.57 Å². The molecule has 0 aromatic carbocycles. The average molecular weight is 198 g/mol. The van der Waals surface area contributed by atoms with Crippen LogP contribution in [0.1, 0.15) is 32.1 Å². The molecule has 4 nitrogen and oxygen atoms in total. The van der Waals surface area contributed by atoms with Crippen LogP contribution in [0.3, 0.4) is 0 Å². The van der Waals surface area contributed by atoms with E-state index in [2.05, 4.69) is 0 Å². The van der Waals surface area contributed by atoms with Gasteiger partial charge in [0.15, 0.2) is 0 Å². The molecule has 1 rings (SSSR count). The van der Waals surface area contributed by atoms with Crippen molar-refractivity contribution in [3.05, 3.63) is 11.6 Å². The van der Waals surface area contributed by atoms with Gasteiger partial charge in [-0.2, -0.15) is 0 Å². The van der Waals surface area contributed by atoms with Crippen molar-refractivity contribution < 1.29 is 19.8 Å². The number of carboxylic acid groups (broad SMARTS) is 2. The normalized spacial score (nSPS) is 23.1. The Labute approximate surface area is 82.2 Å². The van der Waals surface area contributed by atoms with Crippen molar-refractivity contribution >= 4 is 11.9 Å². The lowest BCUT2D eigenvalue weighted by Gasteiger charge is -2.15. The fraction of sp³-hybridized carbons (Fsp3) is 0.600. The number of rotatable bonds is 2. The van der Waals surface area contributed by atoms with Crippen molar-refractivity contribution in [3.63, 3.8) is 0 Å². The predicted octanol–water partition coefficient (Wildman–Crippen LogP) is 1.66. The maximum absolute atomic E-state index is 10.8. The van der Waals surface area contributed by atoms with Crippen molar-refractivity contribution in [2.75, 3.05) is 0 Å². The first kappa shape index (κ1) is 10.8. The highest BCUT2D eigenvalue weighted by molar-refractivity contribution is 5.93. The molecule has 14 heavy (non-hydrogen) atoms. The van der Waals surface area contributed by atoms with Gasteiger partial charge >= 0.3 is 11.9 Å². The molecule has 1 atom stereocenters. The Hall–Kier alpha value is -1.32. The third-order valence-corrected chi connectivity index (χ3v) is 2.48. The van der Waals surface area contributed by atoms with Crippen LogP contribution in [-0.2, 0) is 9.59 Å². The minimum atomic E-state index is -1.10. The molecule has 0 aromatic rings. The van der Waals surface area contributed by atoms with Gasteiger partial charge in [-0.1, -0.05) is 18.9 Å². The Morgan fingerprint density at radius 2 is 1.93 bits per heavy atom. The number of allylic oxidation sites excluding steroid dienone is 1. The molecular weight excluding hydrogens is 184 g/mol. The van der Waals surface area contributed by atoms with Crippen molar-refractivity contribution in [2.24, 2.45) is 5.92 Å². The monoisotopic (exact) mass is 198 g/mol. The highest BCUT2D eigenvalue weighted by Gasteiger charge is 2.27. The first-order valence-electron chi connectivity index (χ1n) is 4.79. The number of hydrogen-bond acceptors (Lipinski definition) is 2. The maximum atomic E-state index is 10.8. The van der Waals surface area contributed by atoms with Gasteiger partial charge in [-0.25, -0.2) is 4.79 Å². The summed E-state index contributed by atoms with van der Waals surface area (Å²) in [7, 11) is 0. The van der Waals surface area contributed by atoms with Crippen LogP contribution in [0.5, 0.6) is 0 Å². The summed E-state index contributed by atoms with van der Waals surface area (Å²) in [6.07, 6.45) is 5.39. The fourth-order valence-electron chi connectivity index (χ4n) is 1.72. The Bertz CT molecular complexity index is 267. The summed E-state index contributed by atoms with van der Waals surface area (Å²) in [5.41, 5.74) is 0.0530. The molecule has 0 saturated carbocycles. The Kier molecular flexibility index (Phi) is 3.68. The second-order valence-electron chi connectivity index (χ2n) is 3.49. The molecule has 0 heterocycles. The molecule has 78 valence electrons. The maximum Gasteiger partial charge on any atom is 0.332 e. The molecule has 0 fully saturated rings. The molecular formula is C10H14O4. The summed E-state index contributed by atoms with van der Waals surface area (Å²) < 4.78 is 0. The molecule has 4 heteroatoms. The van der Waals surface area contributed by atoms with Gasteiger partial charge < -0.3 is 10.2 Å². The summed E-state index contributed by atoms with van der Waals surface area (Å²) in [6, 6.07) is 0. The molecule has 0 amide bonds. The van der Waals surface area contributed by atoms with Gasteiger partial charge in [-0.3, -0.25) is 4.79 Å². The lowest BCUT2D eigenvalue weighted by Crippen LogP contribution is -2.22. The van der Waals surface area contributed by atoms with Crippen LogP contribution in [0, 0.1) is 5.92 Å². The first-order chi connectivity index (χ1) is 6.63.